The van der Waals surface area contributed by atoms with Crippen molar-refractivity contribution in [3.8, 4) is 0 Å². The molecule has 17 heavy (non-hydrogen) atoms. The van der Waals surface area contributed by atoms with Crippen molar-refractivity contribution in [2.75, 3.05) is 11.5 Å². The fourth-order valence-electron chi connectivity index (χ4n) is 2.17. The Balaban J connectivity index is 2.17. The first kappa shape index (κ1) is 12.8. The molecule has 0 aliphatic carbocycles. The van der Waals surface area contributed by atoms with Gasteiger partial charge in [-0.2, -0.15) is 0 Å². The number of aromatic nitrogens is 3. The van der Waals surface area contributed by atoms with E-state index in [0.29, 0.717) is 18.2 Å². The molecule has 1 fully saturated rings. The second-order valence-corrected chi connectivity index (χ2v) is 7.43. The van der Waals surface area contributed by atoms with Gasteiger partial charge >= 0.3 is 0 Å². The first-order chi connectivity index (χ1) is 7.89. The van der Waals surface area contributed by atoms with Crippen molar-refractivity contribution in [1.29, 1.82) is 0 Å². The van der Waals surface area contributed by atoms with Crippen molar-refractivity contribution in [3.63, 3.8) is 0 Å². The van der Waals surface area contributed by atoms with E-state index in [9.17, 15) is 8.42 Å². The maximum atomic E-state index is 11.4. The van der Waals surface area contributed by atoms with Gasteiger partial charge in [0, 0.05) is 12.5 Å². The van der Waals surface area contributed by atoms with Gasteiger partial charge in [0.05, 0.1) is 11.5 Å². The highest BCUT2D eigenvalue weighted by atomic mass is 35.5. The van der Waals surface area contributed by atoms with E-state index in [-0.39, 0.29) is 23.3 Å². The Hall–Kier alpha value is -0.620. The Morgan fingerprint density at radius 3 is 2.71 bits per heavy atom. The fourth-order valence-corrected chi connectivity index (χ4v) is 4.21. The van der Waals surface area contributed by atoms with E-state index in [1.54, 1.807) is 0 Å². The number of hydrogen-bond donors (Lipinski definition) is 0. The molecule has 0 radical (unpaired) electrons. The van der Waals surface area contributed by atoms with Crippen LogP contribution < -0.4 is 0 Å². The van der Waals surface area contributed by atoms with Gasteiger partial charge in [-0.15, -0.1) is 10.2 Å². The van der Waals surface area contributed by atoms with Crippen molar-refractivity contribution in [1.82, 2.24) is 14.8 Å². The first-order valence-electron chi connectivity index (χ1n) is 5.68. The Morgan fingerprint density at radius 1 is 1.47 bits per heavy atom. The molecular formula is C10H16ClN3O2S. The topological polar surface area (TPSA) is 64.8 Å². The second kappa shape index (κ2) is 4.57. The number of halogens is 1. The zero-order valence-electron chi connectivity index (χ0n) is 9.93. The van der Waals surface area contributed by atoms with Crippen LogP contribution in [0.25, 0.3) is 0 Å². The Labute approximate surface area is 106 Å². The van der Waals surface area contributed by atoms with E-state index < -0.39 is 9.84 Å². The SMILES string of the molecule is CC(C)c1nnc(Cl)n1CC1CCS(=O)(=O)C1. The van der Waals surface area contributed by atoms with Gasteiger partial charge < -0.3 is 4.57 Å². The van der Waals surface area contributed by atoms with Gasteiger partial charge in [-0.3, -0.25) is 0 Å². The normalized spacial score (nSPS) is 23.4. The summed E-state index contributed by atoms with van der Waals surface area (Å²) in [6.07, 6.45) is 0.703. The molecule has 0 aromatic carbocycles. The third kappa shape index (κ3) is 2.80. The standard InChI is InChI=1S/C10H16ClN3O2S/c1-7(2)9-12-13-10(11)14(9)5-8-3-4-17(15,16)6-8/h7-8H,3-6H2,1-2H3. The van der Waals surface area contributed by atoms with Gasteiger partial charge in [0.25, 0.3) is 0 Å². The van der Waals surface area contributed by atoms with E-state index in [0.717, 1.165) is 5.82 Å². The monoisotopic (exact) mass is 277 g/mol. The van der Waals surface area contributed by atoms with Crippen LogP contribution in [0, 0.1) is 5.92 Å². The Morgan fingerprint density at radius 2 is 2.18 bits per heavy atom. The van der Waals surface area contributed by atoms with Crippen LogP contribution in [0.3, 0.4) is 0 Å². The molecule has 1 atom stereocenters. The summed E-state index contributed by atoms with van der Waals surface area (Å²) < 4.78 is 24.6. The lowest BCUT2D eigenvalue weighted by molar-refractivity contribution is 0.471. The van der Waals surface area contributed by atoms with Gasteiger partial charge in [-0.1, -0.05) is 13.8 Å². The fraction of sp³-hybridized carbons (Fsp3) is 0.800. The molecule has 1 aromatic rings. The van der Waals surface area contributed by atoms with Crippen molar-refractivity contribution >= 4 is 21.4 Å². The number of sulfone groups is 1. The molecule has 96 valence electrons. The summed E-state index contributed by atoms with van der Waals surface area (Å²) in [6, 6.07) is 0. The van der Waals surface area contributed by atoms with Crippen LogP contribution in [0.5, 0.6) is 0 Å². The minimum absolute atomic E-state index is 0.131. The summed E-state index contributed by atoms with van der Waals surface area (Å²) in [5.74, 6) is 1.71. The van der Waals surface area contributed by atoms with E-state index in [4.69, 9.17) is 11.6 Å². The predicted octanol–water partition coefficient (Wildman–Crippen LogP) is 1.49. The lowest BCUT2D eigenvalue weighted by atomic mass is 10.1. The maximum absolute atomic E-state index is 11.4. The van der Waals surface area contributed by atoms with Crippen LogP contribution in [0.15, 0.2) is 0 Å². The van der Waals surface area contributed by atoms with Crippen LogP contribution >= 0.6 is 11.6 Å². The van der Waals surface area contributed by atoms with Gasteiger partial charge in [-0.05, 0) is 23.9 Å². The minimum Gasteiger partial charge on any atom is -0.301 e. The molecule has 0 saturated carbocycles. The molecule has 1 saturated heterocycles. The number of rotatable bonds is 3. The molecule has 0 amide bonds. The lowest BCUT2D eigenvalue weighted by Crippen LogP contribution is -2.15. The highest BCUT2D eigenvalue weighted by Crippen LogP contribution is 2.24. The highest BCUT2D eigenvalue weighted by molar-refractivity contribution is 7.91. The van der Waals surface area contributed by atoms with Gasteiger partial charge in [0.2, 0.25) is 5.28 Å². The van der Waals surface area contributed by atoms with E-state index in [1.807, 2.05) is 18.4 Å². The highest BCUT2D eigenvalue weighted by Gasteiger charge is 2.29. The zero-order chi connectivity index (χ0) is 12.6. The second-order valence-electron chi connectivity index (χ2n) is 4.86. The van der Waals surface area contributed by atoms with Crippen LogP contribution in [0.4, 0.5) is 0 Å². The third-order valence-corrected chi connectivity index (χ3v) is 5.13. The van der Waals surface area contributed by atoms with Crippen LogP contribution in [0.2, 0.25) is 5.28 Å². The van der Waals surface area contributed by atoms with Crippen molar-refractivity contribution in [2.24, 2.45) is 5.92 Å². The first-order valence-corrected chi connectivity index (χ1v) is 7.88. The average molecular weight is 278 g/mol. The molecule has 1 unspecified atom stereocenters. The van der Waals surface area contributed by atoms with Crippen molar-refractivity contribution < 1.29 is 8.42 Å². The number of nitrogens with zero attached hydrogens (tertiary/aromatic N) is 3. The van der Waals surface area contributed by atoms with Gasteiger partial charge in [0.15, 0.2) is 9.84 Å². The molecule has 7 heteroatoms. The van der Waals surface area contributed by atoms with E-state index >= 15 is 0 Å². The largest absolute Gasteiger partial charge is 0.301 e. The van der Waals surface area contributed by atoms with Gasteiger partial charge in [-0.25, -0.2) is 8.42 Å². The van der Waals surface area contributed by atoms with Crippen LogP contribution in [0.1, 0.15) is 32.0 Å². The molecule has 1 aliphatic heterocycles. The average Bonchev–Trinajstić information content (AvgIpc) is 2.72. The van der Waals surface area contributed by atoms with E-state index in [1.165, 1.54) is 0 Å². The molecular weight excluding hydrogens is 262 g/mol. The Kier molecular flexibility index (Phi) is 3.45. The predicted molar refractivity (Wildman–Crippen MR) is 65.9 cm³/mol. The molecule has 1 aliphatic rings. The molecule has 0 N–H and O–H groups in total. The summed E-state index contributed by atoms with van der Waals surface area (Å²) in [5.41, 5.74) is 0. The summed E-state index contributed by atoms with van der Waals surface area (Å²) in [4.78, 5) is 0. The zero-order valence-corrected chi connectivity index (χ0v) is 11.5. The Bertz CT molecular complexity index is 510. The van der Waals surface area contributed by atoms with E-state index in [2.05, 4.69) is 10.2 Å². The molecule has 2 heterocycles. The minimum atomic E-state index is -2.84. The number of hydrogen-bond acceptors (Lipinski definition) is 4. The summed E-state index contributed by atoms with van der Waals surface area (Å²) >= 11 is 5.98. The summed E-state index contributed by atoms with van der Waals surface area (Å²) in [7, 11) is -2.84. The molecule has 0 bridgehead atoms. The lowest BCUT2D eigenvalue weighted by Gasteiger charge is -2.13. The molecule has 5 nitrogen and oxygen atoms in total. The van der Waals surface area contributed by atoms with Crippen molar-refractivity contribution in [2.45, 2.75) is 32.7 Å². The summed E-state index contributed by atoms with van der Waals surface area (Å²) in [6.45, 7) is 4.63. The molecule has 0 spiro atoms. The van der Waals surface area contributed by atoms with Crippen LogP contribution in [-0.2, 0) is 16.4 Å². The van der Waals surface area contributed by atoms with Crippen molar-refractivity contribution in [3.05, 3.63) is 11.1 Å². The quantitative estimate of drug-likeness (QED) is 0.840. The molecule has 2 rings (SSSR count). The smallest absolute Gasteiger partial charge is 0.225 e. The summed E-state index contributed by atoms with van der Waals surface area (Å²) in [5, 5.41) is 8.22. The maximum Gasteiger partial charge on any atom is 0.225 e. The molecule has 1 aromatic heterocycles. The van der Waals surface area contributed by atoms with Gasteiger partial charge in [0.1, 0.15) is 5.82 Å². The third-order valence-electron chi connectivity index (χ3n) is 3.02. The van der Waals surface area contributed by atoms with Crippen LogP contribution in [-0.4, -0.2) is 34.7 Å².